The molecule has 2 aliphatic rings. The number of ether oxygens (including phenoxy) is 2. The van der Waals surface area contributed by atoms with Gasteiger partial charge < -0.3 is 25.5 Å². The standard InChI is InChI=1S/C24H32N4O3.C3H8/c1-6-9-19(25)21-15(3)16(4)26-22(27-21)18-14-17(10-11-20(18)31-7-2)28-24(12-8-13-24)23(29)30-5;1-3-2/h10-11,14,25,28H,4,6-9,12-13H2,1-3,5H3,(H,26,27);3H2,1-2H3. The lowest BCUT2D eigenvalue weighted by Crippen LogP contribution is -2.52. The van der Waals surface area contributed by atoms with Crippen molar-refractivity contribution in [1.82, 2.24) is 5.32 Å². The number of carbonyl (C=O) groups excluding carboxylic acids is 1. The molecular weight excluding hydrogens is 428 g/mol. The second-order valence-electron chi connectivity index (χ2n) is 8.67. The molecule has 1 saturated carbocycles. The summed E-state index contributed by atoms with van der Waals surface area (Å²) in [6, 6.07) is 5.70. The van der Waals surface area contributed by atoms with Crippen LogP contribution in [0.4, 0.5) is 5.69 Å². The van der Waals surface area contributed by atoms with E-state index in [1.807, 2.05) is 39.0 Å². The molecule has 3 rings (SSSR count). The van der Waals surface area contributed by atoms with E-state index in [4.69, 9.17) is 19.9 Å². The van der Waals surface area contributed by atoms with Crippen LogP contribution in [0.2, 0.25) is 0 Å². The van der Waals surface area contributed by atoms with Crippen LogP contribution in [0.3, 0.4) is 0 Å². The summed E-state index contributed by atoms with van der Waals surface area (Å²) in [5, 5.41) is 15.1. The van der Waals surface area contributed by atoms with Crippen LogP contribution in [0.15, 0.2) is 46.7 Å². The Hall–Kier alpha value is -3.09. The fourth-order valence-corrected chi connectivity index (χ4v) is 3.85. The average Bonchev–Trinajstić information content (AvgIpc) is 2.79. The molecule has 0 saturated heterocycles. The summed E-state index contributed by atoms with van der Waals surface area (Å²) < 4.78 is 10.9. The molecule has 1 aliphatic carbocycles. The number of benzene rings is 1. The lowest BCUT2D eigenvalue weighted by Gasteiger charge is -2.40. The number of hydrogen-bond acceptors (Lipinski definition) is 7. The van der Waals surface area contributed by atoms with Gasteiger partial charge in [-0.2, -0.15) is 0 Å². The Kier molecular flexibility index (Phi) is 9.90. The van der Waals surface area contributed by atoms with E-state index in [0.29, 0.717) is 41.7 Å². The Morgan fingerprint density at radius 2 is 1.94 bits per heavy atom. The molecule has 1 aliphatic heterocycles. The van der Waals surface area contributed by atoms with Crippen LogP contribution in [0.5, 0.6) is 5.75 Å². The third-order valence-corrected chi connectivity index (χ3v) is 5.79. The van der Waals surface area contributed by atoms with Gasteiger partial charge in [-0.1, -0.05) is 40.2 Å². The molecular formula is C27H40N4O3. The van der Waals surface area contributed by atoms with Crippen LogP contribution < -0.4 is 15.4 Å². The Morgan fingerprint density at radius 1 is 1.26 bits per heavy atom. The minimum atomic E-state index is -0.685. The van der Waals surface area contributed by atoms with E-state index in [1.165, 1.54) is 13.5 Å². The van der Waals surface area contributed by atoms with Gasteiger partial charge in [0.05, 0.1) is 30.7 Å². The summed E-state index contributed by atoms with van der Waals surface area (Å²) in [5.74, 6) is 1.01. The highest BCUT2D eigenvalue weighted by Crippen LogP contribution is 2.37. The number of nitrogens with zero attached hydrogens (tertiary/aromatic N) is 1. The number of aliphatic imine (C=N–C) groups is 1. The van der Waals surface area contributed by atoms with Crippen molar-refractivity contribution >= 4 is 23.2 Å². The Balaban J connectivity index is 0.00000129. The Morgan fingerprint density at radius 3 is 2.47 bits per heavy atom. The topological polar surface area (TPSA) is 95.8 Å². The monoisotopic (exact) mass is 468 g/mol. The first kappa shape index (κ1) is 27.2. The van der Waals surface area contributed by atoms with Gasteiger partial charge in [-0.3, -0.25) is 0 Å². The van der Waals surface area contributed by atoms with Crippen molar-refractivity contribution < 1.29 is 14.3 Å². The van der Waals surface area contributed by atoms with Gasteiger partial charge in [-0.15, -0.1) is 0 Å². The van der Waals surface area contributed by atoms with Crippen molar-refractivity contribution in [3.05, 3.63) is 47.3 Å². The first-order valence-corrected chi connectivity index (χ1v) is 12.2. The van der Waals surface area contributed by atoms with Crippen molar-refractivity contribution in [3.63, 3.8) is 0 Å². The number of allylic oxidation sites excluding steroid dienone is 2. The number of nitrogens with one attached hydrogen (secondary N) is 3. The smallest absolute Gasteiger partial charge is 0.331 e. The van der Waals surface area contributed by atoms with E-state index in [0.717, 1.165) is 42.5 Å². The summed E-state index contributed by atoms with van der Waals surface area (Å²) in [6.07, 6.45) is 5.22. The summed E-state index contributed by atoms with van der Waals surface area (Å²) in [5.41, 5.74) is 3.57. The number of rotatable bonds is 9. The predicted octanol–water partition coefficient (Wildman–Crippen LogP) is 5.97. The number of methoxy groups -OCH3 is 1. The molecule has 186 valence electrons. The van der Waals surface area contributed by atoms with Gasteiger partial charge >= 0.3 is 5.97 Å². The number of carbonyl (C=O) groups is 1. The molecule has 1 aromatic carbocycles. The first-order chi connectivity index (χ1) is 16.3. The molecule has 0 radical (unpaired) electrons. The summed E-state index contributed by atoms with van der Waals surface area (Å²) in [7, 11) is 1.42. The Labute approximate surface area is 204 Å². The molecule has 0 aromatic heterocycles. The van der Waals surface area contributed by atoms with Crippen molar-refractivity contribution in [2.75, 3.05) is 19.0 Å². The van der Waals surface area contributed by atoms with E-state index in [-0.39, 0.29) is 5.97 Å². The number of esters is 1. The van der Waals surface area contributed by atoms with E-state index in [1.54, 1.807) is 0 Å². The predicted molar refractivity (Wildman–Crippen MR) is 140 cm³/mol. The SMILES string of the molecule is C=C1NC(c2cc(NC3(C(=O)OC)CCC3)ccc2OCC)=NC(C(=N)CCC)=C1C.CCC. The molecule has 34 heavy (non-hydrogen) atoms. The maximum Gasteiger partial charge on any atom is 0.331 e. The molecule has 1 aromatic rings. The third-order valence-electron chi connectivity index (χ3n) is 5.79. The molecule has 0 amide bonds. The molecule has 1 heterocycles. The van der Waals surface area contributed by atoms with E-state index in [9.17, 15) is 4.79 Å². The minimum absolute atomic E-state index is 0.246. The van der Waals surface area contributed by atoms with Gasteiger partial charge in [-0.25, -0.2) is 9.79 Å². The average molecular weight is 469 g/mol. The van der Waals surface area contributed by atoms with Gasteiger partial charge in [0.2, 0.25) is 0 Å². The van der Waals surface area contributed by atoms with Crippen molar-refractivity contribution in [2.45, 2.75) is 78.7 Å². The van der Waals surface area contributed by atoms with Gasteiger partial charge in [0.1, 0.15) is 17.1 Å². The van der Waals surface area contributed by atoms with Crippen molar-refractivity contribution in [2.24, 2.45) is 4.99 Å². The zero-order valence-corrected chi connectivity index (χ0v) is 21.6. The summed E-state index contributed by atoms with van der Waals surface area (Å²) in [6.45, 7) is 14.8. The fraction of sp³-hybridized carbons (Fsp3) is 0.519. The lowest BCUT2D eigenvalue weighted by molar-refractivity contribution is -0.149. The van der Waals surface area contributed by atoms with Crippen LogP contribution in [0, 0.1) is 5.41 Å². The van der Waals surface area contributed by atoms with Crippen LogP contribution >= 0.6 is 0 Å². The number of amidine groups is 1. The van der Waals surface area contributed by atoms with Crippen LogP contribution in [-0.2, 0) is 9.53 Å². The van der Waals surface area contributed by atoms with Crippen LogP contribution in [0.25, 0.3) is 0 Å². The summed E-state index contributed by atoms with van der Waals surface area (Å²) in [4.78, 5) is 17.1. The Bertz CT molecular complexity index is 974. The van der Waals surface area contributed by atoms with Crippen molar-refractivity contribution in [3.8, 4) is 5.75 Å². The lowest BCUT2D eigenvalue weighted by atomic mass is 9.76. The maximum atomic E-state index is 12.3. The minimum Gasteiger partial charge on any atom is -0.493 e. The highest BCUT2D eigenvalue weighted by atomic mass is 16.5. The highest BCUT2D eigenvalue weighted by Gasteiger charge is 2.45. The molecule has 0 spiro atoms. The number of hydrogen-bond donors (Lipinski definition) is 3. The summed E-state index contributed by atoms with van der Waals surface area (Å²) >= 11 is 0. The van der Waals surface area contributed by atoms with E-state index < -0.39 is 5.54 Å². The third kappa shape index (κ3) is 6.07. The highest BCUT2D eigenvalue weighted by molar-refractivity contribution is 6.09. The molecule has 3 N–H and O–H groups in total. The number of anilines is 1. The second kappa shape index (κ2) is 12.4. The van der Waals surface area contributed by atoms with E-state index >= 15 is 0 Å². The zero-order chi connectivity index (χ0) is 25.3. The largest absolute Gasteiger partial charge is 0.493 e. The quantitative estimate of drug-likeness (QED) is 0.307. The van der Waals surface area contributed by atoms with Gasteiger partial charge in [-0.05, 0) is 63.3 Å². The second-order valence-corrected chi connectivity index (χ2v) is 8.67. The van der Waals surface area contributed by atoms with Gasteiger partial charge in [0, 0.05) is 11.4 Å². The first-order valence-electron chi connectivity index (χ1n) is 12.2. The normalized spacial score (nSPS) is 16.3. The molecule has 1 fully saturated rings. The van der Waals surface area contributed by atoms with Crippen molar-refractivity contribution in [1.29, 1.82) is 5.41 Å². The van der Waals surface area contributed by atoms with E-state index in [2.05, 4.69) is 31.1 Å². The van der Waals surface area contributed by atoms with Crippen LogP contribution in [0.1, 0.15) is 78.7 Å². The molecule has 7 heteroatoms. The molecule has 0 atom stereocenters. The maximum absolute atomic E-state index is 12.3. The zero-order valence-electron chi connectivity index (χ0n) is 21.6. The molecule has 7 nitrogen and oxygen atoms in total. The van der Waals surface area contributed by atoms with Crippen LogP contribution in [-0.4, -0.2) is 36.8 Å². The fourth-order valence-electron chi connectivity index (χ4n) is 3.85. The van der Waals surface area contributed by atoms with Gasteiger partial charge in [0.15, 0.2) is 0 Å². The molecule has 0 bridgehead atoms. The molecule has 0 unspecified atom stereocenters. The van der Waals surface area contributed by atoms with Gasteiger partial charge in [0.25, 0.3) is 0 Å².